The Balaban J connectivity index is 2.72. The summed E-state index contributed by atoms with van der Waals surface area (Å²) in [6.07, 6.45) is 8.42. The molecule has 0 aliphatic heterocycles. The first-order chi connectivity index (χ1) is 8.00. The van der Waals surface area contributed by atoms with Gasteiger partial charge in [0.25, 0.3) is 0 Å². The van der Waals surface area contributed by atoms with E-state index in [-0.39, 0.29) is 0 Å². The van der Waals surface area contributed by atoms with E-state index in [2.05, 4.69) is 39.9 Å². The third-order valence-electron chi connectivity index (χ3n) is 4.47. The Hall–Kier alpha value is -0.0400. The van der Waals surface area contributed by atoms with Crippen LogP contribution >= 0.6 is 0 Å². The van der Waals surface area contributed by atoms with Crippen molar-refractivity contribution >= 4 is 0 Å². The van der Waals surface area contributed by atoms with Gasteiger partial charge in [0.05, 0.1) is 0 Å². The molecule has 1 aliphatic carbocycles. The van der Waals surface area contributed by atoms with Gasteiger partial charge in [0.1, 0.15) is 0 Å². The minimum atomic E-state index is 0.393. The Morgan fingerprint density at radius 3 is 2.29 bits per heavy atom. The molecule has 0 radical (unpaired) electrons. The number of hydrogen-bond acceptors (Lipinski definition) is 1. The monoisotopic (exact) mass is 239 g/mol. The van der Waals surface area contributed by atoms with E-state index in [1.54, 1.807) is 0 Å². The van der Waals surface area contributed by atoms with Crippen LogP contribution in [-0.4, -0.2) is 12.6 Å². The molecule has 102 valence electrons. The molecule has 3 unspecified atom stereocenters. The van der Waals surface area contributed by atoms with Crippen LogP contribution in [0.5, 0.6) is 0 Å². The first-order valence-electron chi connectivity index (χ1n) is 7.74. The normalized spacial score (nSPS) is 28.1. The van der Waals surface area contributed by atoms with E-state index in [4.69, 9.17) is 0 Å². The molecular formula is C16H33N. The Morgan fingerprint density at radius 2 is 1.76 bits per heavy atom. The molecule has 1 heteroatoms. The fraction of sp³-hybridized carbons (Fsp3) is 1.00. The lowest BCUT2D eigenvalue weighted by Gasteiger charge is -2.44. The van der Waals surface area contributed by atoms with Gasteiger partial charge in [0, 0.05) is 6.04 Å². The lowest BCUT2D eigenvalue weighted by atomic mass is 9.67. The third kappa shape index (κ3) is 4.28. The second-order valence-corrected chi connectivity index (χ2v) is 6.91. The summed E-state index contributed by atoms with van der Waals surface area (Å²) < 4.78 is 0. The van der Waals surface area contributed by atoms with Crippen molar-refractivity contribution in [2.75, 3.05) is 6.54 Å². The lowest BCUT2D eigenvalue weighted by Crippen LogP contribution is -2.49. The van der Waals surface area contributed by atoms with Crippen molar-refractivity contribution in [3.05, 3.63) is 0 Å². The minimum Gasteiger partial charge on any atom is -0.313 e. The van der Waals surface area contributed by atoms with E-state index in [9.17, 15) is 0 Å². The molecule has 0 saturated heterocycles. The zero-order valence-electron chi connectivity index (χ0n) is 12.7. The summed E-state index contributed by atoms with van der Waals surface area (Å²) in [6, 6.07) is 0.702. The highest BCUT2D eigenvalue weighted by Gasteiger charge is 2.36. The van der Waals surface area contributed by atoms with Crippen LogP contribution in [0.2, 0.25) is 0 Å². The highest BCUT2D eigenvalue weighted by atomic mass is 14.9. The zero-order valence-corrected chi connectivity index (χ0v) is 12.7. The van der Waals surface area contributed by atoms with Gasteiger partial charge in [-0.3, -0.25) is 0 Å². The highest BCUT2D eigenvalue weighted by Crippen LogP contribution is 2.39. The van der Waals surface area contributed by atoms with Crippen molar-refractivity contribution in [1.82, 2.24) is 5.32 Å². The predicted octanol–water partition coefficient (Wildman–Crippen LogP) is 4.62. The molecule has 0 spiro atoms. The summed E-state index contributed by atoms with van der Waals surface area (Å²) in [7, 11) is 0. The topological polar surface area (TPSA) is 12.0 Å². The molecule has 1 fully saturated rings. The molecule has 3 atom stereocenters. The maximum Gasteiger partial charge on any atom is 0.0146 e. The molecule has 1 N–H and O–H groups in total. The van der Waals surface area contributed by atoms with Gasteiger partial charge in [-0.25, -0.2) is 0 Å². The number of hydrogen-bond donors (Lipinski definition) is 1. The molecule has 0 aromatic heterocycles. The number of nitrogens with one attached hydrogen (secondary N) is 1. The second-order valence-electron chi connectivity index (χ2n) is 6.91. The van der Waals surface area contributed by atoms with E-state index in [0.717, 1.165) is 11.8 Å². The van der Waals surface area contributed by atoms with Crippen molar-refractivity contribution in [2.45, 2.75) is 79.2 Å². The summed E-state index contributed by atoms with van der Waals surface area (Å²) in [5, 5.41) is 3.84. The van der Waals surface area contributed by atoms with Crippen LogP contribution in [0.3, 0.4) is 0 Å². The summed E-state index contributed by atoms with van der Waals surface area (Å²) in [4.78, 5) is 0. The van der Waals surface area contributed by atoms with E-state index in [0.29, 0.717) is 11.5 Å². The first-order valence-corrected chi connectivity index (χ1v) is 7.74. The van der Waals surface area contributed by atoms with E-state index in [1.165, 1.54) is 45.1 Å². The highest BCUT2D eigenvalue weighted by molar-refractivity contribution is 4.91. The summed E-state index contributed by atoms with van der Waals surface area (Å²) >= 11 is 0. The van der Waals surface area contributed by atoms with Gasteiger partial charge < -0.3 is 5.32 Å². The molecule has 0 aromatic rings. The van der Waals surface area contributed by atoms with Gasteiger partial charge >= 0.3 is 0 Å². The number of rotatable bonds is 5. The predicted molar refractivity (Wildman–Crippen MR) is 77.3 cm³/mol. The Morgan fingerprint density at radius 1 is 1.12 bits per heavy atom. The molecule has 0 bridgehead atoms. The summed E-state index contributed by atoms with van der Waals surface area (Å²) in [6.45, 7) is 13.0. The Kier molecular flexibility index (Phi) is 5.99. The maximum absolute atomic E-state index is 3.84. The lowest BCUT2D eigenvalue weighted by molar-refractivity contribution is 0.104. The van der Waals surface area contributed by atoms with Gasteiger partial charge in [0.15, 0.2) is 0 Å². The van der Waals surface area contributed by atoms with E-state index < -0.39 is 0 Å². The quantitative estimate of drug-likeness (QED) is 0.738. The van der Waals surface area contributed by atoms with Gasteiger partial charge in [-0.2, -0.15) is 0 Å². The van der Waals surface area contributed by atoms with E-state index >= 15 is 0 Å². The molecule has 0 aromatic carbocycles. The van der Waals surface area contributed by atoms with E-state index in [1.807, 2.05) is 0 Å². The second kappa shape index (κ2) is 6.78. The SMILES string of the molecule is CCCNC(C1CCCCC1CC)C(C)(C)C. The third-order valence-corrected chi connectivity index (χ3v) is 4.47. The first kappa shape index (κ1) is 15.0. The van der Waals surface area contributed by atoms with Gasteiger partial charge in [0.2, 0.25) is 0 Å². The molecule has 1 saturated carbocycles. The Bertz CT molecular complexity index is 204. The average Bonchev–Trinajstić information content (AvgIpc) is 2.28. The summed E-state index contributed by atoms with van der Waals surface area (Å²) in [5.74, 6) is 1.86. The van der Waals surface area contributed by atoms with Crippen LogP contribution in [0.4, 0.5) is 0 Å². The van der Waals surface area contributed by atoms with Crippen LogP contribution in [0.15, 0.2) is 0 Å². The van der Waals surface area contributed by atoms with Crippen molar-refractivity contribution in [2.24, 2.45) is 17.3 Å². The Labute approximate surface area is 109 Å². The largest absolute Gasteiger partial charge is 0.313 e. The van der Waals surface area contributed by atoms with Gasteiger partial charge in [-0.05, 0) is 36.6 Å². The molecule has 0 amide bonds. The van der Waals surface area contributed by atoms with Gasteiger partial charge in [-0.15, -0.1) is 0 Å². The average molecular weight is 239 g/mol. The minimum absolute atomic E-state index is 0.393. The smallest absolute Gasteiger partial charge is 0.0146 e. The maximum atomic E-state index is 3.84. The van der Waals surface area contributed by atoms with Crippen LogP contribution in [0.1, 0.15) is 73.1 Å². The van der Waals surface area contributed by atoms with Crippen LogP contribution in [-0.2, 0) is 0 Å². The van der Waals surface area contributed by atoms with Crippen molar-refractivity contribution < 1.29 is 0 Å². The van der Waals surface area contributed by atoms with Crippen LogP contribution in [0.25, 0.3) is 0 Å². The standard InChI is InChI=1S/C16H33N/c1-6-12-17-15(16(3,4)5)14-11-9-8-10-13(14)7-2/h13-15,17H,6-12H2,1-5H3. The van der Waals surface area contributed by atoms with Crippen molar-refractivity contribution in [3.8, 4) is 0 Å². The molecular weight excluding hydrogens is 206 g/mol. The molecule has 1 rings (SSSR count). The zero-order chi connectivity index (χ0) is 12.9. The van der Waals surface area contributed by atoms with Crippen molar-refractivity contribution in [1.29, 1.82) is 0 Å². The summed E-state index contributed by atoms with van der Waals surface area (Å²) in [5.41, 5.74) is 0.393. The molecule has 1 nitrogen and oxygen atoms in total. The molecule has 1 aliphatic rings. The fourth-order valence-electron chi connectivity index (χ4n) is 3.58. The molecule has 0 heterocycles. The van der Waals surface area contributed by atoms with Crippen molar-refractivity contribution in [3.63, 3.8) is 0 Å². The fourth-order valence-corrected chi connectivity index (χ4v) is 3.58. The molecule has 17 heavy (non-hydrogen) atoms. The van der Waals surface area contributed by atoms with Crippen LogP contribution < -0.4 is 5.32 Å². The van der Waals surface area contributed by atoms with Crippen LogP contribution in [0, 0.1) is 17.3 Å². The van der Waals surface area contributed by atoms with Gasteiger partial charge in [-0.1, -0.05) is 60.3 Å².